The van der Waals surface area contributed by atoms with Gasteiger partial charge in [-0.15, -0.1) is 0 Å². The van der Waals surface area contributed by atoms with E-state index in [2.05, 4.69) is 12.0 Å². The molecule has 1 atom stereocenters. The molecule has 0 unspecified atom stereocenters. The Labute approximate surface area is 130 Å². The lowest BCUT2D eigenvalue weighted by Crippen LogP contribution is -2.47. The van der Waals surface area contributed by atoms with Crippen LogP contribution in [-0.4, -0.2) is 35.0 Å². The Morgan fingerprint density at radius 1 is 1.18 bits per heavy atom. The standard InChI is InChI=1S/C17H21N3O2/c1-13-7-5-6-12-19(13)17(22)15-10-11-16(21)20(18-15)14-8-3-2-4-9-14/h2-4,8-9,13H,5-7,10-12H2,1H3/t13-/m1/s1. The van der Waals surface area contributed by atoms with Gasteiger partial charge in [0.25, 0.3) is 5.91 Å². The minimum Gasteiger partial charge on any atom is -0.335 e. The Balaban J connectivity index is 1.84. The zero-order valence-electron chi connectivity index (χ0n) is 12.9. The molecule has 0 saturated carbocycles. The van der Waals surface area contributed by atoms with Crippen molar-refractivity contribution < 1.29 is 9.59 Å². The monoisotopic (exact) mass is 299 g/mol. The van der Waals surface area contributed by atoms with Crippen LogP contribution in [-0.2, 0) is 9.59 Å². The number of amides is 2. The molecular formula is C17H21N3O2. The van der Waals surface area contributed by atoms with Gasteiger partial charge in [0.15, 0.2) is 0 Å². The summed E-state index contributed by atoms with van der Waals surface area (Å²) in [5, 5.41) is 5.72. The van der Waals surface area contributed by atoms with E-state index in [9.17, 15) is 9.59 Å². The molecule has 0 aliphatic carbocycles. The van der Waals surface area contributed by atoms with Crippen LogP contribution in [0.25, 0.3) is 0 Å². The molecule has 22 heavy (non-hydrogen) atoms. The average molecular weight is 299 g/mol. The highest BCUT2D eigenvalue weighted by Gasteiger charge is 2.31. The predicted octanol–water partition coefficient (Wildman–Crippen LogP) is 2.57. The number of piperidine rings is 1. The summed E-state index contributed by atoms with van der Waals surface area (Å²) in [6, 6.07) is 9.54. The summed E-state index contributed by atoms with van der Waals surface area (Å²) in [5.74, 6) is -0.0740. The fraction of sp³-hybridized carbons (Fsp3) is 0.471. The summed E-state index contributed by atoms with van der Waals surface area (Å²) in [6.07, 6.45) is 4.03. The van der Waals surface area contributed by atoms with Crippen molar-refractivity contribution in [2.45, 2.75) is 45.1 Å². The normalized spacial score (nSPS) is 22.5. The number of benzene rings is 1. The number of hydrazone groups is 1. The molecule has 0 spiro atoms. The molecule has 2 amide bonds. The Morgan fingerprint density at radius 2 is 1.95 bits per heavy atom. The van der Waals surface area contributed by atoms with Gasteiger partial charge in [-0.2, -0.15) is 5.10 Å². The third kappa shape index (κ3) is 2.89. The van der Waals surface area contributed by atoms with Gasteiger partial charge in [-0.05, 0) is 38.3 Å². The van der Waals surface area contributed by atoms with E-state index >= 15 is 0 Å². The van der Waals surface area contributed by atoms with Crippen molar-refractivity contribution in [2.75, 3.05) is 11.6 Å². The van der Waals surface area contributed by atoms with Crippen molar-refractivity contribution in [1.82, 2.24) is 4.90 Å². The van der Waals surface area contributed by atoms with Gasteiger partial charge in [-0.25, -0.2) is 5.01 Å². The van der Waals surface area contributed by atoms with Crippen LogP contribution in [0.15, 0.2) is 35.4 Å². The number of carbonyl (C=O) groups is 2. The molecule has 5 heteroatoms. The summed E-state index contributed by atoms with van der Waals surface area (Å²) in [5.41, 5.74) is 1.21. The third-order valence-electron chi connectivity index (χ3n) is 4.34. The van der Waals surface area contributed by atoms with E-state index in [4.69, 9.17) is 0 Å². The van der Waals surface area contributed by atoms with Gasteiger partial charge in [0, 0.05) is 25.4 Å². The maximum Gasteiger partial charge on any atom is 0.270 e. The smallest absolute Gasteiger partial charge is 0.270 e. The Morgan fingerprint density at radius 3 is 2.68 bits per heavy atom. The fourth-order valence-corrected chi connectivity index (χ4v) is 3.04. The SMILES string of the molecule is C[C@@H]1CCCCN1C(=O)C1=NN(c2ccccc2)C(=O)CC1. The first-order chi connectivity index (χ1) is 10.7. The van der Waals surface area contributed by atoms with Crippen LogP contribution in [0.1, 0.15) is 39.0 Å². The Kier molecular flexibility index (Phi) is 4.22. The van der Waals surface area contributed by atoms with E-state index < -0.39 is 0 Å². The fourth-order valence-electron chi connectivity index (χ4n) is 3.04. The lowest BCUT2D eigenvalue weighted by Gasteiger charge is -2.34. The van der Waals surface area contributed by atoms with Crippen molar-refractivity contribution in [3.63, 3.8) is 0 Å². The Bertz CT molecular complexity index is 597. The minimum absolute atomic E-state index is 0.0133. The van der Waals surface area contributed by atoms with E-state index in [1.807, 2.05) is 35.2 Å². The second-order valence-corrected chi connectivity index (χ2v) is 5.93. The molecule has 2 aliphatic rings. The number of rotatable bonds is 2. The van der Waals surface area contributed by atoms with Gasteiger partial charge >= 0.3 is 0 Å². The van der Waals surface area contributed by atoms with Crippen molar-refractivity contribution in [3.05, 3.63) is 30.3 Å². The molecule has 1 fully saturated rings. The van der Waals surface area contributed by atoms with Crippen LogP contribution in [0.3, 0.4) is 0 Å². The molecule has 116 valence electrons. The van der Waals surface area contributed by atoms with Crippen LogP contribution in [0.2, 0.25) is 0 Å². The molecule has 1 aromatic rings. The van der Waals surface area contributed by atoms with Crippen molar-refractivity contribution >= 4 is 23.2 Å². The van der Waals surface area contributed by atoms with Gasteiger partial charge in [0.2, 0.25) is 5.91 Å². The second kappa shape index (κ2) is 6.30. The van der Waals surface area contributed by atoms with Crippen LogP contribution in [0, 0.1) is 0 Å². The number of hydrogen-bond donors (Lipinski definition) is 0. The molecule has 0 N–H and O–H groups in total. The van der Waals surface area contributed by atoms with Gasteiger partial charge in [0.05, 0.1) is 5.69 Å². The summed E-state index contributed by atoms with van der Waals surface area (Å²) < 4.78 is 0. The summed E-state index contributed by atoms with van der Waals surface area (Å²) >= 11 is 0. The zero-order valence-corrected chi connectivity index (χ0v) is 12.9. The van der Waals surface area contributed by atoms with E-state index in [1.54, 1.807) is 0 Å². The topological polar surface area (TPSA) is 53.0 Å². The maximum absolute atomic E-state index is 12.7. The lowest BCUT2D eigenvalue weighted by atomic mass is 10.0. The number of carbonyl (C=O) groups excluding carboxylic acids is 2. The minimum atomic E-state index is -0.0607. The molecule has 2 heterocycles. The second-order valence-electron chi connectivity index (χ2n) is 5.93. The first kappa shape index (κ1) is 14.8. The average Bonchev–Trinajstić information content (AvgIpc) is 2.56. The number of nitrogens with zero attached hydrogens (tertiary/aromatic N) is 3. The van der Waals surface area contributed by atoms with E-state index in [0.29, 0.717) is 24.2 Å². The number of likely N-dealkylation sites (tertiary alicyclic amines) is 1. The van der Waals surface area contributed by atoms with Crippen LogP contribution in [0.4, 0.5) is 5.69 Å². The molecule has 2 aliphatic heterocycles. The van der Waals surface area contributed by atoms with Crippen LogP contribution in [0.5, 0.6) is 0 Å². The Hall–Kier alpha value is -2.17. The largest absolute Gasteiger partial charge is 0.335 e. The predicted molar refractivity (Wildman–Crippen MR) is 85.6 cm³/mol. The first-order valence-corrected chi connectivity index (χ1v) is 7.93. The summed E-state index contributed by atoms with van der Waals surface area (Å²) in [4.78, 5) is 26.7. The first-order valence-electron chi connectivity index (χ1n) is 7.93. The van der Waals surface area contributed by atoms with Crippen molar-refractivity contribution in [1.29, 1.82) is 0 Å². The number of hydrogen-bond acceptors (Lipinski definition) is 3. The van der Waals surface area contributed by atoms with Gasteiger partial charge < -0.3 is 4.90 Å². The highest BCUT2D eigenvalue weighted by Crippen LogP contribution is 2.22. The van der Waals surface area contributed by atoms with Crippen molar-refractivity contribution in [2.24, 2.45) is 5.10 Å². The van der Waals surface area contributed by atoms with Gasteiger partial charge in [-0.3, -0.25) is 9.59 Å². The highest BCUT2D eigenvalue weighted by atomic mass is 16.2. The summed E-state index contributed by atoms with van der Waals surface area (Å²) in [7, 11) is 0. The maximum atomic E-state index is 12.7. The number of anilines is 1. The van der Waals surface area contributed by atoms with Crippen LogP contribution >= 0.6 is 0 Å². The van der Waals surface area contributed by atoms with Gasteiger partial charge in [-0.1, -0.05) is 18.2 Å². The lowest BCUT2D eigenvalue weighted by molar-refractivity contribution is -0.127. The molecule has 1 saturated heterocycles. The molecule has 0 aromatic heterocycles. The van der Waals surface area contributed by atoms with E-state index in [1.165, 1.54) is 11.4 Å². The molecular weight excluding hydrogens is 278 g/mol. The van der Waals surface area contributed by atoms with Crippen LogP contribution < -0.4 is 5.01 Å². The van der Waals surface area contributed by atoms with E-state index in [0.717, 1.165) is 19.4 Å². The molecule has 3 rings (SSSR count). The molecule has 5 nitrogen and oxygen atoms in total. The third-order valence-corrected chi connectivity index (χ3v) is 4.34. The van der Waals surface area contributed by atoms with Gasteiger partial charge in [0.1, 0.15) is 5.71 Å². The quantitative estimate of drug-likeness (QED) is 0.842. The molecule has 0 bridgehead atoms. The molecule has 0 radical (unpaired) electrons. The zero-order chi connectivity index (χ0) is 15.5. The summed E-state index contributed by atoms with van der Waals surface area (Å²) in [6.45, 7) is 2.87. The number of para-hydroxylation sites is 1. The highest BCUT2D eigenvalue weighted by molar-refractivity contribution is 6.40. The van der Waals surface area contributed by atoms with E-state index in [-0.39, 0.29) is 17.9 Å². The van der Waals surface area contributed by atoms with Crippen molar-refractivity contribution in [3.8, 4) is 0 Å². The molecule has 1 aromatic carbocycles.